The second-order valence-electron chi connectivity index (χ2n) is 6.72. The summed E-state index contributed by atoms with van der Waals surface area (Å²) in [7, 11) is -3.54. The van der Waals surface area contributed by atoms with Gasteiger partial charge in [0.25, 0.3) is 0 Å². The van der Waals surface area contributed by atoms with E-state index in [1.165, 1.54) is 39.7 Å². The molecule has 1 aliphatic carbocycles. The molecule has 0 amide bonds. The number of benzene rings is 2. The molecule has 4 nitrogen and oxygen atoms in total. The molecule has 132 valence electrons. The van der Waals surface area contributed by atoms with E-state index in [1.807, 2.05) is 0 Å². The highest BCUT2D eigenvalue weighted by atomic mass is 32.2. The summed E-state index contributed by atoms with van der Waals surface area (Å²) in [6, 6.07) is 14.1. The lowest BCUT2D eigenvalue weighted by Crippen LogP contribution is -2.52. The van der Waals surface area contributed by atoms with Crippen LogP contribution in [0.5, 0.6) is 0 Å². The number of fused-ring (bicyclic) bond motifs is 1. The van der Waals surface area contributed by atoms with Gasteiger partial charge < -0.3 is 0 Å². The first-order valence-corrected chi connectivity index (χ1v) is 10.0. The van der Waals surface area contributed by atoms with E-state index >= 15 is 0 Å². The van der Waals surface area contributed by atoms with Gasteiger partial charge in [-0.05, 0) is 48.2 Å². The van der Waals surface area contributed by atoms with Crippen molar-refractivity contribution in [3.63, 3.8) is 0 Å². The number of halogens is 1. The molecule has 2 aromatic carbocycles. The van der Waals surface area contributed by atoms with Crippen LogP contribution in [0.3, 0.4) is 0 Å². The Labute approximate surface area is 147 Å². The fourth-order valence-corrected chi connectivity index (χ4v) is 5.28. The molecule has 4 rings (SSSR count). The summed E-state index contributed by atoms with van der Waals surface area (Å²) < 4.78 is 39.9. The Morgan fingerprint density at radius 2 is 1.40 bits per heavy atom. The number of hydrogen-bond donors (Lipinski definition) is 0. The van der Waals surface area contributed by atoms with Gasteiger partial charge in [-0.15, -0.1) is 0 Å². The van der Waals surface area contributed by atoms with Crippen molar-refractivity contribution in [3.8, 4) is 0 Å². The maximum Gasteiger partial charge on any atom is 0.243 e. The first kappa shape index (κ1) is 16.7. The number of nitrogens with zero attached hydrogens (tertiary/aromatic N) is 2. The van der Waals surface area contributed by atoms with E-state index in [4.69, 9.17) is 0 Å². The summed E-state index contributed by atoms with van der Waals surface area (Å²) in [6.07, 6.45) is 2.09. The van der Waals surface area contributed by atoms with E-state index in [2.05, 4.69) is 29.2 Å². The maximum absolute atomic E-state index is 13.0. The maximum atomic E-state index is 13.0. The Morgan fingerprint density at radius 1 is 0.840 bits per heavy atom. The zero-order valence-corrected chi connectivity index (χ0v) is 14.8. The molecule has 2 aliphatic rings. The van der Waals surface area contributed by atoms with E-state index in [1.54, 1.807) is 0 Å². The van der Waals surface area contributed by atoms with Gasteiger partial charge in [0.05, 0.1) is 4.90 Å². The van der Waals surface area contributed by atoms with Crippen LogP contribution in [0, 0.1) is 5.82 Å². The summed E-state index contributed by atoms with van der Waals surface area (Å²) >= 11 is 0. The lowest BCUT2D eigenvalue weighted by atomic mass is 10.1. The second-order valence-corrected chi connectivity index (χ2v) is 8.66. The fourth-order valence-electron chi connectivity index (χ4n) is 3.86. The van der Waals surface area contributed by atoms with Crippen LogP contribution in [0.25, 0.3) is 0 Å². The zero-order valence-electron chi connectivity index (χ0n) is 13.9. The summed E-state index contributed by atoms with van der Waals surface area (Å²) in [5.74, 6) is -0.426. The molecule has 0 atom stereocenters. The predicted octanol–water partition coefficient (Wildman–Crippen LogP) is 2.30. The third-order valence-electron chi connectivity index (χ3n) is 5.27. The standard InChI is InChI=1S/C19H21FN2O2S/c20-17-5-7-19(8-6-17)25(23,24)22-11-9-21(10-12-22)18-13-15-3-1-2-4-16(15)14-18/h1-8,18H,9-14H2. The van der Waals surface area contributed by atoms with Crippen molar-refractivity contribution in [2.75, 3.05) is 26.2 Å². The van der Waals surface area contributed by atoms with Gasteiger partial charge in [-0.3, -0.25) is 4.90 Å². The molecule has 0 saturated carbocycles. The molecule has 25 heavy (non-hydrogen) atoms. The molecular formula is C19H21FN2O2S. The minimum atomic E-state index is -3.54. The smallest absolute Gasteiger partial charge is 0.243 e. The summed E-state index contributed by atoms with van der Waals surface area (Å²) in [5.41, 5.74) is 2.82. The van der Waals surface area contributed by atoms with Crippen LogP contribution in [0.4, 0.5) is 4.39 Å². The Hall–Kier alpha value is -1.76. The van der Waals surface area contributed by atoms with Crippen molar-refractivity contribution in [1.29, 1.82) is 0 Å². The quantitative estimate of drug-likeness (QED) is 0.843. The second kappa shape index (κ2) is 6.52. The van der Waals surface area contributed by atoms with E-state index in [0.29, 0.717) is 19.1 Å². The van der Waals surface area contributed by atoms with E-state index in [-0.39, 0.29) is 4.90 Å². The Balaban J connectivity index is 1.41. The summed E-state index contributed by atoms with van der Waals surface area (Å²) in [5, 5.41) is 0. The van der Waals surface area contributed by atoms with Gasteiger partial charge in [0.15, 0.2) is 0 Å². The molecule has 1 fully saturated rings. The van der Waals surface area contributed by atoms with Crippen molar-refractivity contribution in [3.05, 3.63) is 65.5 Å². The van der Waals surface area contributed by atoms with Crippen molar-refractivity contribution in [2.45, 2.75) is 23.8 Å². The topological polar surface area (TPSA) is 40.6 Å². The van der Waals surface area contributed by atoms with Crippen molar-refractivity contribution < 1.29 is 12.8 Å². The van der Waals surface area contributed by atoms with Gasteiger partial charge in [0.1, 0.15) is 5.82 Å². The molecule has 0 bridgehead atoms. The fraction of sp³-hybridized carbons (Fsp3) is 0.368. The average molecular weight is 360 g/mol. The van der Waals surface area contributed by atoms with Crippen LogP contribution in [-0.4, -0.2) is 49.8 Å². The van der Waals surface area contributed by atoms with Gasteiger partial charge in [0, 0.05) is 32.2 Å². The molecule has 0 N–H and O–H groups in total. The Kier molecular flexibility index (Phi) is 4.35. The monoisotopic (exact) mass is 360 g/mol. The van der Waals surface area contributed by atoms with Gasteiger partial charge in [-0.2, -0.15) is 4.31 Å². The molecule has 0 radical (unpaired) electrons. The zero-order chi connectivity index (χ0) is 17.4. The molecular weight excluding hydrogens is 339 g/mol. The third-order valence-corrected chi connectivity index (χ3v) is 7.18. The molecule has 0 aromatic heterocycles. The van der Waals surface area contributed by atoms with Crippen LogP contribution in [0.15, 0.2) is 53.4 Å². The number of piperazine rings is 1. The number of sulfonamides is 1. The van der Waals surface area contributed by atoms with E-state index in [0.717, 1.165) is 25.9 Å². The first-order chi connectivity index (χ1) is 12.0. The molecule has 0 unspecified atom stereocenters. The van der Waals surface area contributed by atoms with Gasteiger partial charge >= 0.3 is 0 Å². The molecule has 6 heteroatoms. The van der Waals surface area contributed by atoms with Crippen LogP contribution in [-0.2, 0) is 22.9 Å². The van der Waals surface area contributed by atoms with Gasteiger partial charge in [-0.1, -0.05) is 24.3 Å². The largest absolute Gasteiger partial charge is 0.297 e. The highest BCUT2D eigenvalue weighted by Gasteiger charge is 2.33. The third kappa shape index (κ3) is 3.21. The SMILES string of the molecule is O=S(=O)(c1ccc(F)cc1)N1CCN(C2Cc3ccccc3C2)CC1. The molecule has 0 spiro atoms. The Morgan fingerprint density at radius 3 is 1.96 bits per heavy atom. The summed E-state index contributed by atoms with van der Waals surface area (Å²) in [6.45, 7) is 2.43. The average Bonchev–Trinajstić information content (AvgIpc) is 3.06. The van der Waals surface area contributed by atoms with Crippen LogP contribution in [0.2, 0.25) is 0 Å². The highest BCUT2D eigenvalue weighted by Crippen LogP contribution is 2.27. The molecule has 1 heterocycles. The van der Waals surface area contributed by atoms with Crippen LogP contribution in [0.1, 0.15) is 11.1 Å². The normalized spacial score (nSPS) is 19.9. The lowest BCUT2D eigenvalue weighted by molar-refractivity contribution is 0.140. The van der Waals surface area contributed by atoms with Crippen LogP contribution < -0.4 is 0 Å². The Bertz CT molecular complexity index is 834. The van der Waals surface area contributed by atoms with Gasteiger partial charge in [-0.25, -0.2) is 12.8 Å². The lowest BCUT2D eigenvalue weighted by Gasteiger charge is -2.37. The molecule has 2 aromatic rings. The number of rotatable bonds is 3. The summed E-state index contributed by atoms with van der Waals surface area (Å²) in [4.78, 5) is 2.56. The number of hydrogen-bond acceptors (Lipinski definition) is 3. The first-order valence-electron chi connectivity index (χ1n) is 8.60. The van der Waals surface area contributed by atoms with E-state index < -0.39 is 15.8 Å². The van der Waals surface area contributed by atoms with Gasteiger partial charge in [0.2, 0.25) is 10.0 Å². The van der Waals surface area contributed by atoms with E-state index in [9.17, 15) is 12.8 Å². The minimum absolute atomic E-state index is 0.163. The highest BCUT2D eigenvalue weighted by molar-refractivity contribution is 7.89. The van der Waals surface area contributed by atoms with Crippen molar-refractivity contribution in [1.82, 2.24) is 9.21 Å². The van der Waals surface area contributed by atoms with Crippen LogP contribution >= 0.6 is 0 Å². The molecule has 1 aliphatic heterocycles. The predicted molar refractivity (Wildman–Crippen MR) is 94.4 cm³/mol. The van der Waals surface area contributed by atoms with Crippen molar-refractivity contribution >= 4 is 10.0 Å². The molecule has 1 saturated heterocycles. The van der Waals surface area contributed by atoms with Crippen molar-refractivity contribution in [2.24, 2.45) is 0 Å². The minimum Gasteiger partial charge on any atom is -0.297 e.